The van der Waals surface area contributed by atoms with Gasteiger partial charge in [0, 0.05) is 20.8 Å². The maximum atomic E-state index is 11.5. The summed E-state index contributed by atoms with van der Waals surface area (Å²) in [4.78, 5) is 0. The number of likely N-dealkylation sites (N-methyl/N-ethyl adjacent to an activating group) is 1. The molecule has 90 valence electrons. The number of methoxy groups -OCH3 is 1. The van der Waals surface area contributed by atoms with Gasteiger partial charge in [-0.15, -0.1) is 0 Å². The zero-order chi connectivity index (χ0) is 11.9. The number of hydrogen-bond acceptors (Lipinski definition) is 5. The molecule has 0 saturated carbocycles. The van der Waals surface area contributed by atoms with Gasteiger partial charge in [-0.1, -0.05) is 5.16 Å². The molecule has 0 amide bonds. The number of oxime groups is 1. The van der Waals surface area contributed by atoms with Gasteiger partial charge in [0.05, 0.1) is 12.3 Å². The van der Waals surface area contributed by atoms with E-state index in [4.69, 9.17) is 15.7 Å². The molecule has 0 aromatic heterocycles. The van der Waals surface area contributed by atoms with E-state index in [1.807, 2.05) is 0 Å². The number of nitrogens with two attached hydrogens (primary N) is 1. The number of ether oxygens (including phenoxy) is 1. The Kier molecular flexibility index (Phi) is 6.21. The number of amidine groups is 1. The fourth-order valence-electron chi connectivity index (χ4n) is 0.900. The van der Waals surface area contributed by atoms with Crippen LogP contribution in [0.25, 0.3) is 0 Å². The Morgan fingerprint density at radius 1 is 1.60 bits per heavy atom. The third kappa shape index (κ3) is 5.55. The molecule has 0 radical (unpaired) electrons. The molecule has 0 rings (SSSR count). The molecule has 0 aliphatic rings. The molecule has 3 N–H and O–H groups in total. The van der Waals surface area contributed by atoms with Crippen LogP contribution in [0.1, 0.15) is 6.42 Å². The molecule has 0 atom stereocenters. The summed E-state index contributed by atoms with van der Waals surface area (Å²) < 4.78 is 28.9. The molecule has 0 aliphatic heterocycles. The second-order valence-corrected chi connectivity index (χ2v) is 5.21. The molecular weight excluding hydrogens is 222 g/mol. The summed E-state index contributed by atoms with van der Waals surface area (Å²) in [6, 6.07) is 0. The smallest absolute Gasteiger partial charge is 0.214 e. The van der Waals surface area contributed by atoms with Crippen molar-refractivity contribution in [2.75, 3.05) is 33.1 Å². The molecular formula is C7H17N3O4S. The highest BCUT2D eigenvalue weighted by Gasteiger charge is 2.18. The molecule has 7 nitrogen and oxygen atoms in total. The first kappa shape index (κ1) is 14.1. The van der Waals surface area contributed by atoms with Crippen LogP contribution in [-0.4, -0.2) is 56.8 Å². The van der Waals surface area contributed by atoms with Crippen LogP contribution in [0, 0.1) is 0 Å². The Hall–Kier alpha value is -0.860. The van der Waals surface area contributed by atoms with Crippen molar-refractivity contribution in [3.63, 3.8) is 0 Å². The van der Waals surface area contributed by atoms with Gasteiger partial charge >= 0.3 is 0 Å². The molecule has 0 spiro atoms. The highest BCUT2D eigenvalue weighted by Crippen LogP contribution is 2.00. The van der Waals surface area contributed by atoms with Crippen molar-refractivity contribution >= 4 is 15.9 Å². The lowest BCUT2D eigenvalue weighted by atomic mass is 10.5. The van der Waals surface area contributed by atoms with Gasteiger partial charge in [-0.05, 0) is 6.42 Å². The summed E-state index contributed by atoms with van der Waals surface area (Å²) in [6.45, 7) is 0.266. The van der Waals surface area contributed by atoms with E-state index in [0.717, 1.165) is 4.31 Å². The van der Waals surface area contributed by atoms with E-state index in [9.17, 15) is 8.42 Å². The van der Waals surface area contributed by atoms with Crippen LogP contribution in [-0.2, 0) is 14.8 Å². The molecule has 8 heteroatoms. The summed E-state index contributed by atoms with van der Waals surface area (Å²) in [6.07, 6.45) is 0.416. The zero-order valence-electron chi connectivity index (χ0n) is 8.88. The highest BCUT2D eigenvalue weighted by molar-refractivity contribution is 7.89. The Balaban J connectivity index is 4.21. The Labute approximate surface area is 89.5 Å². The fraction of sp³-hybridized carbons (Fsp3) is 0.857. The number of hydrogen-bond donors (Lipinski definition) is 2. The third-order valence-corrected chi connectivity index (χ3v) is 3.62. The van der Waals surface area contributed by atoms with Gasteiger partial charge in [0.15, 0.2) is 5.84 Å². The second kappa shape index (κ2) is 6.59. The topological polar surface area (TPSA) is 105 Å². The SMILES string of the molecule is COCCCS(=O)(=O)N(C)CC(N)=NO. The Morgan fingerprint density at radius 2 is 2.20 bits per heavy atom. The minimum atomic E-state index is -3.36. The van der Waals surface area contributed by atoms with Crippen LogP contribution in [0.2, 0.25) is 0 Å². The van der Waals surface area contributed by atoms with E-state index < -0.39 is 10.0 Å². The van der Waals surface area contributed by atoms with Crippen molar-refractivity contribution in [3.05, 3.63) is 0 Å². The number of nitrogens with zero attached hydrogens (tertiary/aromatic N) is 2. The van der Waals surface area contributed by atoms with Gasteiger partial charge in [-0.2, -0.15) is 4.31 Å². The van der Waals surface area contributed by atoms with Crippen molar-refractivity contribution < 1.29 is 18.4 Å². The first-order chi connectivity index (χ1) is 6.94. The van der Waals surface area contributed by atoms with Gasteiger partial charge < -0.3 is 15.7 Å². The molecule has 0 aromatic rings. The third-order valence-electron chi connectivity index (χ3n) is 1.74. The molecule has 0 bridgehead atoms. The highest BCUT2D eigenvalue weighted by atomic mass is 32.2. The lowest BCUT2D eigenvalue weighted by Gasteiger charge is -2.15. The van der Waals surface area contributed by atoms with Crippen molar-refractivity contribution in [2.45, 2.75) is 6.42 Å². The lowest BCUT2D eigenvalue weighted by Crippen LogP contribution is -2.37. The Bertz CT molecular complexity index is 301. The molecule has 0 heterocycles. The fourth-order valence-corrected chi connectivity index (χ4v) is 2.02. The van der Waals surface area contributed by atoms with Crippen LogP contribution < -0.4 is 5.73 Å². The summed E-state index contributed by atoms with van der Waals surface area (Å²) in [5, 5.41) is 11.0. The van der Waals surface area contributed by atoms with Crippen LogP contribution in [0.15, 0.2) is 5.16 Å². The minimum absolute atomic E-state index is 0.0178. The molecule has 0 fully saturated rings. The van der Waals surface area contributed by atoms with E-state index in [-0.39, 0.29) is 18.1 Å². The predicted molar refractivity (Wildman–Crippen MR) is 56.3 cm³/mol. The molecule has 0 unspecified atom stereocenters. The van der Waals surface area contributed by atoms with Gasteiger partial charge in [0.2, 0.25) is 10.0 Å². The monoisotopic (exact) mass is 239 g/mol. The van der Waals surface area contributed by atoms with Crippen LogP contribution >= 0.6 is 0 Å². The van der Waals surface area contributed by atoms with E-state index in [2.05, 4.69) is 5.16 Å². The van der Waals surface area contributed by atoms with Gasteiger partial charge in [0.25, 0.3) is 0 Å². The minimum Gasteiger partial charge on any atom is -0.409 e. The lowest BCUT2D eigenvalue weighted by molar-refractivity contribution is 0.199. The molecule has 0 saturated heterocycles. The average Bonchev–Trinajstić information content (AvgIpc) is 2.17. The van der Waals surface area contributed by atoms with Crippen molar-refractivity contribution in [2.24, 2.45) is 10.9 Å². The first-order valence-corrected chi connectivity index (χ1v) is 5.94. The summed E-state index contributed by atoms with van der Waals surface area (Å²) in [5.41, 5.74) is 5.19. The van der Waals surface area contributed by atoms with Gasteiger partial charge in [-0.3, -0.25) is 0 Å². The number of sulfonamides is 1. The molecule has 15 heavy (non-hydrogen) atoms. The molecule has 0 aromatic carbocycles. The number of rotatable bonds is 7. The first-order valence-electron chi connectivity index (χ1n) is 4.33. The van der Waals surface area contributed by atoms with Crippen LogP contribution in [0.5, 0.6) is 0 Å². The van der Waals surface area contributed by atoms with Crippen LogP contribution in [0.4, 0.5) is 0 Å². The van der Waals surface area contributed by atoms with Gasteiger partial charge in [-0.25, -0.2) is 8.42 Å². The zero-order valence-corrected chi connectivity index (χ0v) is 9.70. The van der Waals surface area contributed by atoms with Crippen LogP contribution in [0.3, 0.4) is 0 Å². The van der Waals surface area contributed by atoms with E-state index >= 15 is 0 Å². The average molecular weight is 239 g/mol. The van der Waals surface area contributed by atoms with E-state index in [1.54, 1.807) is 0 Å². The second-order valence-electron chi connectivity index (χ2n) is 3.01. The largest absolute Gasteiger partial charge is 0.409 e. The molecule has 0 aliphatic carbocycles. The maximum absolute atomic E-state index is 11.5. The van der Waals surface area contributed by atoms with Crippen molar-refractivity contribution in [1.29, 1.82) is 0 Å². The maximum Gasteiger partial charge on any atom is 0.214 e. The van der Waals surface area contributed by atoms with E-state index in [1.165, 1.54) is 14.2 Å². The quantitative estimate of drug-likeness (QED) is 0.195. The van der Waals surface area contributed by atoms with Crippen molar-refractivity contribution in [1.82, 2.24) is 4.31 Å². The predicted octanol–water partition coefficient (Wildman–Crippen LogP) is -0.969. The summed E-state index contributed by atoms with van der Waals surface area (Å²) in [7, 11) is -0.474. The Morgan fingerprint density at radius 3 is 2.67 bits per heavy atom. The normalized spacial score (nSPS) is 13.4. The van der Waals surface area contributed by atoms with Crippen molar-refractivity contribution in [3.8, 4) is 0 Å². The summed E-state index contributed by atoms with van der Waals surface area (Å²) >= 11 is 0. The summed E-state index contributed by atoms with van der Waals surface area (Å²) in [5.74, 6) is -0.163. The standard InChI is InChI=1S/C7H17N3O4S/c1-10(6-7(8)9-11)15(12,13)5-3-4-14-2/h11H,3-6H2,1-2H3,(H2,8,9). The van der Waals surface area contributed by atoms with E-state index in [0.29, 0.717) is 13.0 Å². The van der Waals surface area contributed by atoms with Gasteiger partial charge in [0.1, 0.15) is 0 Å².